The maximum atomic E-state index is 8.65. The van der Waals surface area contributed by atoms with Crippen LogP contribution in [-0.2, 0) is 0 Å². The maximum Gasteiger partial charge on any atom is 0.119 e. The van der Waals surface area contributed by atoms with E-state index in [9.17, 15) is 0 Å². The van der Waals surface area contributed by atoms with Crippen molar-refractivity contribution in [2.45, 2.75) is 0 Å². The standard InChI is InChI=1S/C10H8N4.C6H6O2/c1-5-11-6-2-9(1)13-14-10-3-7-12-8-4-10;7-5-2-1-3-6(8)4-5/h1-8H;1-4,7-8H. The molecule has 0 saturated heterocycles. The molecule has 3 aromatic rings. The molecule has 0 aliphatic carbocycles. The first-order valence-electron chi connectivity index (χ1n) is 6.44. The Hall–Kier alpha value is -3.28. The number of rotatable bonds is 2. The Balaban J connectivity index is 0.000000188. The van der Waals surface area contributed by atoms with E-state index in [2.05, 4.69) is 20.2 Å². The molecule has 0 unspecified atom stereocenters. The van der Waals surface area contributed by atoms with E-state index in [1.807, 2.05) is 0 Å². The predicted octanol–water partition coefficient (Wildman–Crippen LogP) is 3.99. The maximum absolute atomic E-state index is 8.65. The fourth-order valence-corrected chi connectivity index (χ4v) is 1.43. The van der Waals surface area contributed by atoms with E-state index in [0.717, 1.165) is 11.4 Å². The van der Waals surface area contributed by atoms with Gasteiger partial charge in [-0.25, -0.2) is 0 Å². The van der Waals surface area contributed by atoms with Gasteiger partial charge in [-0.3, -0.25) is 9.97 Å². The second-order valence-electron chi connectivity index (χ2n) is 4.13. The molecule has 2 N–H and O–H groups in total. The Bertz CT molecular complexity index is 660. The molecule has 0 spiro atoms. The molecule has 0 saturated carbocycles. The Morgan fingerprint density at radius 2 is 1.05 bits per heavy atom. The number of aromatic nitrogens is 2. The van der Waals surface area contributed by atoms with Crippen molar-refractivity contribution in [1.29, 1.82) is 0 Å². The minimum absolute atomic E-state index is 0.0880. The van der Waals surface area contributed by atoms with Crippen LogP contribution in [-0.4, -0.2) is 20.2 Å². The smallest absolute Gasteiger partial charge is 0.119 e. The first-order chi connectivity index (χ1) is 10.7. The fourth-order valence-electron chi connectivity index (χ4n) is 1.43. The zero-order valence-electron chi connectivity index (χ0n) is 11.6. The monoisotopic (exact) mass is 294 g/mol. The van der Waals surface area contributed by atoms with Gasteiger partial charge in [0.25, 0.3) is 0 Å². The molecule has 2 aromatic heterocycles. The van der Waals surface area contributed by atoms with E-state index < -0.39 is 0 Å². The van der Waals surface area contributed by atoms with Crippen LogP contribution in [0.4, 0.5) is 11.4 Å². The van der Waals surface area contributed by atoms with Crippen LogP contribution in [0.1, 0.15) is 0 Å². The molecule has 2 heterocycles. The minimum Gasteiger partial charge on any atom is -0.508 e. The Kier molecular flexibility index (Phi) is 5.57. The summed E-state index contributed by atoms with van der Waals surface area (Å²) in [6.45, 7) is 0. The zero-order valence-corrected chi connectivity index (χ0v) is 11.6. The molecule has 6 nitrogen and oxygen atoms in total. The lowest BCUT2D eigenvalue weighted by Crippen LogP contribution is -1.68. The first-order valence-corrected chi connectivity index (χ1v) is 6.44. The zero-order chi connectivity index (χ0) is 15.6. The Labute approximate surface area is 127 Å². The van der Waals surface area contributed by atoms with Gasteiger partial charge in [-0.05, 0) is 36.4 Å². The van der Waals surface area contributed by atoms with E-state index in [0.29, 0.717) is 0 Å². The molecule has 0 amide bonds. The summed E-state index contributed by atoms with van der Waals surface area (Å²) >= 11 is 0. The summed E-state index contributed by atoms with van der Waals surface area (Å²) < 4.78 is 0. The lowest BCUT2D eigenvalue weighted by molar-refractivity contribution is 0.450. The Morgan fingerprint density at radius 3 is 1.36 bits per heavy atom. The van der Waals surface area contributed by atoms with Crippen molar-refractivity contribution in [3.63, 3.8) is 0 Å². The summed E-state index contributed by atoms with van der Waals surface area (Å²) in [6.07, 6.45) is 6.73. The normalized spacial score (nSPS) is 10.0. The summed E-state index contributed by atoms with van der Waals surface area (Å²) in [6, 6.07) is 13.0. The Morgan fingerprint density at radius 1 is 0.636 bits per heavy atom. The lowest BCUT2D eigenvalue weighted by atomic mass is 10.3. The van der Waals surface area contributed by atoms with Crippen molar-refractivity contribution in [2.75, 3.05) is 0 Å². The van der Waals surface area contributed by atoms with Crippen molar-refractivity contribution in [1.82, 2.24) is 9.97 Å². The number of hydrogen-bond donors (Lipinski definition) is 2. The van der Waals surface area contributed by atoms with Crippen LogP contribution in [0.2, 0.25) is 0 Å². The van der Waals surface area contributed by atoms with E-state index in [4.69, 9.17) is 10.2 Å². The van der Waals surface area contributed by atoms with E-state index >= 15 is 0 Å². The molecule has 6 heteroatoms. The van der Waals surface area contributed by atoms with Gasteiger partial charge in [-0.15, -0.1) is 0 Å². The molecule has 0 fully saturated rings. The summed E-state index contributed by atoms with van der Waals surface area (Å²) in [5, 5.41) is 25.4. The van der Waals surface area contributed by atoms with Crippen LogP contribution in [0.5, 0.6) is 11.5 Å². The molecular weight excluding hydrogens is 280 g/mol. The second-order valence-corrected chi connectivity index (χ2v) is 4.13. The molecule has 3 rings (SSSR count). The molecule has 0 radical (unpaired) electrons. The number of hydrogen-bond acceptors (Lipinski definition) is 6. The predicted molar refractivity (Wildman–Crippen MR) is 82.4 cm³/mol. The third-order valence-electron chi connectivity index (χ3n) is 2.44. The number of nitrogens with zero attached hydrogens (tertiary/aromatic N) is 4. The highest BCUT2D eigenvalue weighted by Gasteiger charge is 1.87. The van der Waals surface area contributed by atoms with E-state index in [1.165, 1.54) is 18.2 Å². The van der Waals surface area contributed by atoms with Crippen molar-refractivity contribution >= 4 is 11.4 Å². The van der Waals surface area contributed by atoms with Crippen LogP contribution in [0, 0.1) is 0 Å². The van der Waals surface area contributed by atoms with Crippen LogP contribution >= 0.6 is 0 Å². The average Bonchev–Trinajstić information content (AvgIpc) is 2.55. The van der Waals surface area contributed by atoms with Crippen molar-refractivity contribution in [3.8, 4) is 11.5 Å². The van der Waals surface area contributed by atoms with Gasteiger partial charge in [0.15, 0.2) is 0 Å². The molecule has 0 aliphatic rings. The van der Waals surface area contributed by atoms with Gasteiger partial charge in [0.1, 0.15) is 11.5 Å². The highest BCUT2D eigenvalue weighted by atomic mass is 16.3. The third-order valence-corrected chi connectivity index (χ3v) is 2.44. The quantitative estimate of drug-likeness (QED) is 0.699. The molecule has 0 aliphatic heterocycles. The number of aromatic hydroxyl groups is 2. The number of benzene rings is 1. The largest absolute Gasteiger partial charge is 0.508 e. The van der Waals surface area contributed by atoms with Gasteiger partial charge in [0, 0.05) is 30.9 Å². The highest BCUT2D eigenvalue weighted by Crippen LogP contribution is 2.15. The number of pyridine rings is 2. The SMILES string of the molecule is Oc1cccc(O)c1.c1cc(N=Nc2ccncc2)ccn1. The van der Waals surface area contributed by atoms with E-state index in [-0.39, 0.29) is 11.5 Å². The lowest BCUT2D eigenvalue weighted by Gasteiger charge is -1.90. The molecule has 0 atom stereocenters. The van der Waals surface area contributed by atoms with Crippen molar-refractivity contribution in [3.05, 3.63) is 73.3 Å². The fraction of sp³-hybridized carbons (Fsp3) is 0. The van der Waals surface area contributed by atoms with Gasteiger partial charge >= 0.3 is 0 Å². The average molecular weight is 294 g/mol. The minimum atomic E-state index is 0.0880. The van der Waals surface area contributed by atoms with Crippen LogP contribution in [0.25, 0.3) is 0 Å². The van der Waals surface area contributed by atoms with Gasteiger partial charge in [-0.2, -0.15) is 10.2 Å². The van der Waals surface area contributed by atoms with Crippen molar-refractivity contribution in [2.24, 2.45) is 10.2 Å². The summed E-state index contributed by atoms with van der Waals surface area (Å²) in [7, 11) is 0. The van der Waals surface area contributed by atoms with Gasteiger partial charge < -0.3 is 10.2 Å². The van der Waals surface area contributed by atoms with E-state index in [1.54, 1.807) is 55.1 Å². The number of phenols is 2. The van der Waals surface area contributed by atoms with Gasteiger partial charge in [0.2, 0.25) is 0 Å². The van der Waals surface area contributed by atoms with Crippen LogP contribution in [0.3, 0.4) is 0 Å². The highest BCUT2D eigenvalue weighted by molar-refractivity contribution is 5.37. The first kappa shape index (κ1) is 15.1. The number of azo groups is 1. The summed E-state index contributed by atoms with van der Waals surface area (Å²) in [5.74, 6) is 0.176. The van der Waals surface area contributed by atoms with Gasteiger partial charge in [0.05, 0.1) is 11.4 Å². The molecular formula is C16H14N4O2. The molecule has 22 heavy (non-hydrogen) atoms. The van der Waals surface area contributed by atoms with Crippen LogP contribution in [0.15, 0.2) is 83.5 Å². The molecule has 110 valence electrons. The molecule has 0 bridgehead atoms. The summed E-state index contributed by atoms with van der Waals surface area (Å²) in [5.41, 5.74) is 1.58. The number of phenolic OH excluding ortho intramolecular Hbond substituents is 2. The molecule has 1 aromatic carbocycles. The summed E-state index contributed by atoms with van der Waals surface area (Å²) in [4.78, 5) is 7.78. The van der Waals surface area contributed by atoms with Gasteiger partial charge in [-0.1, -0.05) is 6.07 Å². The second kappa shape index (κ2) is 8.11. The third kappa shape index (κ3) is 5.38. The van der Waals surface area contributed by atoms with Crippen molar-refractivity contribution < 1.29 is 10.2 Å². The topological polar surface area (TPSA) is 91.0 Å². The van der Waals surface area contributed by atoms with Crippen LogP contribution < -0.4 is 0 Å².